The summed E-state index contributed by atoms with van der Waals surface area (Å²) in [7, 11) is 1.46. The van der Waals surface area contributed by atoms with Gasteiger partial charge in [-0.25, -0.2) is 4.21 Å². The maximum atomic E-state index is 13.4. The van der Waals surface area contributed by atoms with Crippen molar-refractivity contribution in [3.8, 4) is 0 Å². The number of nitrogens with one attached hydrogen (secondary N) is 3. The van der Waals surface area contributed by atoms with Gasteiger partial charge in [0.05, 0.1) is 34.4 Å². The van der Waals surface area contributed by atoms with E-state index in [4.69, 9.17) is 27.4 Å². The standard InChI is InChI=1S/C23H22Cl2N6O5S/c1-12-6-14(24)8-16(23(33)26-2)19(12)29-22(32)13-7-15(36-37(34)35)11-31(10-13)21-17(9-28-30-21)20-18(25)4-3-5-27-20/h3-8,11,17,28H,9-10H2,1-2H3,(H,26,33)(H,29,32)(H,34,35)/p-1. The SMILES string of the molecule is CNC(=O)c1cc(Cl)cc(C)c1NC(=O)C1=CC(OS(=O)[O-])=CN(C2=NNCC2c2ncccc2Cl)C1. The van der Waals surface area contributed by atoms with Crippen LogP contribution in [0, 0.1) is 6.92 Å². The van der Waals surface area contributed by atoms with Gasteiger partial charge in [0.15, 0.2) is 5.76 Å². The highest BCUT2D eigenvalue weighted by atomic mass is 35.5. The topological polar surface area (TPSA) is 148 Å². The lowest BCUT2D eigenvalue weighted by Gasteiger charge is -2.29. The number of amidine groups is 1. The summed E-state index contributed by atoms with van der Waals surface area (Å²) in [5.74, 6) is -1.03. The first-order valence-corrected chi connectivity index (χ1v) is 12.6. The largest absolute Gasteiger partial charge is 0.740 e. The number of halogens is 2. The molecule has 2 aromatic rings. The molecule has 1 aromatic carbocycles. The van der Waals surface area contributed by atoms with Gasteiger partial charge in [0.25, 0.3) is 11.8 Å². The van der Waals surface area contributed by atoms with Gasteiger partial charge in [0.2, 0.25) is 0 Å². The van der Waals surface area contributed by atoms with E-state index in [1.807, 2.05) is 0 Å². The van der Waals surface area contributed by atoms with Crippen LogP contribution < -0.4 is 16.1 Å². The lowest BCUT2D eigenvalue weighted by Crippen LogP contribution is -2.37. The minimum Gasteiger partial charge on any atom is -0.740 e. The second kappa shape index (κ2) is 11.3. The Morgan fingerprint density at radius 1 is 1.30 bits per heavy atom. The maximum Gasteiger partial charge on any atom is 0.253 e. The molecule has 2 atom stereocenters. The Morgan fingerprint density at radius 2 is 2.08 bits per heavy atom. The molecule has 3 heterocycles. The molecule has 3 N–H and O–H groups in total. The Labute approximate surface area is 225 Å². The van der Waals surface area contributed by atoms with Gasteiger partial charge in [-0.05, 0) is 42.8 Å². The molecule has 2 amide bonds. The van der Waals surface area contributed by atoms with Crippen molar-refractivity contribution in [3.05, 3.63) is 80.9 Å². The van der Waals surface area contributed by atoms with Gasteiger partial charge in [0, 0.05) is 36.6 Å². The first kappa shape index (κ1) is 26.6. The van der Waals surface area contributed by atoms with Crippen LogP contribution in [0.2, 0.25) is 10.0 Å². The highest BCUT2D eigenvalue weighted by Gasteiger charge is 2.33. The summed E-state index contributed by atoms with van der Waals surface area (Å²) in [6.07, 6.45) is 4.33. The van der Waals surface area contributed by atoms with Crippen LogP contribution in [-0.2, 0) is 20.3 Å². The van der Waals surface area contributed by atoms with Crippen molar-refractivity contribution in [1.29, 1.82) is 0 Å². The van der Waals surface area contributed by atoms with Crippen molar-refractivity contribution in [2.45, 2.75) is 12.8 Å². The molecule has 14 heteroatoms. The summed E-state index contributed by atoms with van der Waals surface area (Å²) in [6, 6.07) is 6.47. The Morgan fingerprint density at radius 3 is 2.78 bits per heavy atom. The number of hydrogen-bond acceptors (Lipinski definition) is 9. The van der Waals surface area contributed by atoms with Crippen molar-refractivity contribution < 1.29 is 22.5 Å². The quantitative estimate of drug-likeness (QED) is 0.454. The van der Waals surface area contributed by atoms with E-state index in [2.05, 4.69) is 26.1 Å². The number of nitrogens with zero attached hydrogens (tertiary/aromatic N) is 3. The molecule has 0 aliphatic carbocycles. The Balaban J connectivity index is 1.66. The van der Waals surface area contributed by atoms with Gasteiger partial charge in [-0.3, -0.25) is 14.6 Å². The van der Waals surface area contributed by atoms with Crippen LogP contribution in [0.5, 0.6) is 0 Å². The minimum absolute atomic E-state index is 0.0214. The Kier molecular flexibility index (Phi) is 8.13. The summed E-state index contributed by atoms with van der Waals surface area (Å²) in [4.78, 5) is 31.7. The van der Waals surface area contributed by atoms with Gasteiger partial charge in [-0.2, -0.15) is 5.10 Å². The molecule has 2 aliphatic heterocycles. The summed E-state index contributed by atoms with van der Waals surface area (Å²) in [5, 5.41) is 10.4. The van der Waals surface area contributed by atoms with Crippen molar-refractivity contribution in [3.63, 3.8) is 0 Å². The summed E-state index contributed by atoms with van der Waals surface area (Å²) in [6.45, 7) is 2.11. The van der Waals surface area contributed by atoms with Gasteiger partial charge < -0.3 is 29.7 Å². The number of carbonyl (C=O) groups excluding carboxylic acids is 2. The van der Waals surface area contributed by atoms with Crippen LogP contribution in [0.1, 0.15) is 27.5 Å². The summed E-state index contributed by atoms with van der Waals surface area (Å²) in [5.41, 5.74) is 4.64. The average Bonchev–Trinajstić information content (AvgIpc) is 3.34. The third-order valence-corrected chi connectivity index (χ3v) is 6.49. The van der Waals surface area contributed by atoms with E-state index in [9.17, 15) is 18.4 Å². The van der Waals surface area contributed by atoms with Crippen LogP contribution in [0.25, 0.3) is 0 Å². The number of pyridine rings is 1. The van der Waals surface area contributed by atoms with Crippen molar-refractivity contribution in [1.82, 2.24) is 20.6 Å². The van der Waals surface area contributed by atoms with E-state index in [1.165, 1.54) is 25.4 Å². The van der Waals surface area contributed by atoms with Crippen molar-refractivity contribution >= 4 is 57.9 Å². The number of hydrazone groups is 1. The van der Waals surface area contributed by atoms with E-state index in [-0.39, 0.29) is 35.0 Å². The fraction of sp³-hybridized carbons (Fsp3) is 0.217. The second-order valence-electron chi connectivity index (χ2n) is 8.05. The number of amides is 2. The Bertz CT molecular complexity index is 1380. The van der Waals surface area contributed by atoms with Crippen molar-refractivity contribution in [2.75, 3.05) is 25.5 Å². The highest BCUT2D eigenvalue weighted by molar-refractivity contribution is 7.74. The smallest absolute Gasteiger partial charge is 0.253 e. The van der Waals surface area contributed by atoms with E-state index >= 15 is 0 Å². The number of carbonyl (C=O) groups is 2. The highest BCUT2D eigenvalue weighted by Crippen LogP contribution is 2.30. The zero-order valence-corrected chi connectivity index (χ0v) is 21.9. The normalized spacial score (nSPS) is 17.7. The molecule has 4 rings (SSSR count). The van der Waals surface area contributed by atoms with Gasteiger partial charge in [-0.15, -0.1) is 0 Å². The molecular weight excluding hydrogens is 543 g/mol. The number of aromatic nitrogens is 1. The van der Waals surface area contributed by atoms with Gasteiger partial charge >= 0.3 is 0 Å². The third kappa shape index (κ3) is 5.93. The molecule has 11 nitrogen and oxygen atoms in total. The monoisotopic (exact) mass is 563 g/mol. The average molecular weight is 564 g/mol. The number of allylic oxidation sites excluding steroid dienone is 1. The molecule has 37 heavy (non-hydrogen) atoms. The summed E-state index contributed by atoms with van der Waals surface area (Å²) < 4.78 is 27.4. The lowest BCUT2D eigenvalue weighted by atomic mass is 10.0. The van der Waals surface area contributed by atoms with Crippen LogP contribution in [0.4, 0.5) is 5.69 Å². The first-order valence-electron chi connectivity index (χ1n) is 10.9. The molecular formula is C23H21Cl2N6O5S-. The number of anilines is 1. The zero-order valence-electron chi connectivity index (χ0n) is 19.6. The number of aryl methyl sites for hydroxylation is 1. The van der Waals surface area contributed by atoms with E-state index in [0.717, 1.165) is 0 Å². The molecule has 0 radical (unpaired) electrons. The molecule has 0 fully saturated rings. The minimum atomic E-state index is -2.89. The lowest BCUT2D eigenvalue weighted by molar-refractivity contribution is -0.113. The fourth-order valence-corrected chi connectivity index (χ4v) is 4.76. The zero-order chi connectivity index (χ0) is 26.7. The second-order valence-corrected chi connectivity index (χ2v) is 9.47. The van der Waals surface area contributed by atoms with Crippen LogP contribution >= 0.6 is 23.2 Å². The van der Waals surface area contributed by atoms with Crippen LogP contribution in [0.3, 0.4) is 0 Å². The molecule has 0 saturated heterocycles. The van der Waals surface area contributed by atoms with E-state index < -0.39 is 23.2 Å². The van der Waals surface area contributed by atoms with Gasteiger partial charge in [-0.1, -0.05) is 23.2 Å². The molecule has 2 aliphatic rings. The third-order valence-electron chi connectivity index (χ3n) is 5.62. The first-order chi connectivity index (χ1) is 17.7. The van der Waals surface area contributed by atoms with E-state index in [1.54, 1.807) is 36.2 Å². The van der Waals surface area contributed by atoms with Crippen LogP contribution in [-0.4, -0.2) is 56.4 Å². The molecule has 194 valence electrons. The summed E-state index contributed by atoms with van der Waals surface area (Å²) >= 11 is 9.58. The van der Waals surface area contributed by atoms with Crippen LogP contribution in [0.15, 0.2) is 59.2 Å². The molecule has 0 bridgehead atoms. The maximum absolute atomic E-state index is 13.4. The molecule has 0 saturated carbocycles. The fourth-order valence-electron chi connectivity index (χ4n) is 3.99. The Hall–Kier alpha value is -3.45. The predicted octanol–water partition coefficient (Wildman–Crippen LogP) is 2.59. The number of hydrogen-bond donors (Lipinski definition) is 3. The van der Waals surface area contributed by atoms with Crippen molar-refractivity contribution in [2.24, 2.45) is 5.10 Å². The molecule has 2 unspecified atom stereocenters. The number of rotatable bonds is 6. The molecule has 0 spiro atoms. The predicted molar refractivity (Wildman–Crippen MR) is 139 cm³/mol. The van der Waals surface area contributed by atoms with E-state index in [0.29, 0.717) is 33.7 Å². The molecule has 1 aromatic heterocycles. The number of benzene rings is 1. The van der Waals surface area contributed by atoms with Gasteiger partial charge in [0.1, 0.15) is 17.2 Å².